The second kappa shape index (κ2) is 13.6. The van der Waals surface area contributed by atoms with E-state index in [-0.39, 0.29) is 34.5 Å². The van der Waals surface area contributed by atoms with E-state index in [9.17, 15) is 22.8 Å². The number of hydrogen-bond donors (Lipinski definition) is 2. The van der Waals surface area contributed by atoms with Gasteiger partial charge in [0.25, 0.3) is 5.91 Å². The van der Waals surface area contributed by atoms with Crippen LogP contribution in [0, 0.1) is 0 Å². The van der Waals surface area contributed by atoms with Crippen molar-refractivity contribution >= 4 is 46.3 Å². The van der Waals surface area contributed by atoms with E-state index < -0.39 is 22.7 Å². The van der Waals surface area contributed by atoms with E-state index >= 15 is 0 Å². The lowest BCUT2D eigenvalue weighted by Gasteiger charge is -2.32. The van der Waals surface area contributed by atoms with Gasteiger partial charge in [-0.05, 0) is 26.1 Å². The Labute approximate surface area is 244 Å². The zero-order valence-corrected chi connectivity index (χ0v) is 24.1. The Morgan fingerprint density at radius 1 is 1.07 bits per heavy atom. The summed E-state index contributed by atoms with van der Waals surface area (Å²) >= 11 is 6.62. The summed E-state index contributed by atoms with van der Waals surface area (Å²) in [6.45, 7) is 7.79. The lowest BCUT2D eigenvalue weighted by Crippen LogP contribution is -2.44. The van der Waals surface area contributed by atoms with Gasteiger partial charge in [0.05, 0.1) is 21.8 Å². The molecule has 1 aliphatic heterocycles. The minimum atomic E-state index is -4.69. The number of piperazine rings is 1. The molecule has 1 aliphatic rings. The molecule has 0 radical (unpaired) electrons. The number of nitrogens with one attached hydrogen (secondary N) is 2. The van der Waals surface area contributed by atoms with Gasteiger partial charge >= 0.3 is 6.18 Å². The summed E-state index contributed by atoms with van der Waals surface area (Å²) in [5, 5.41) is 5.54. The fraction of sp³-hybridized carbons (Fsp3) is 0.462. The fourth-order valence-electron chi connectivity index (χ4n) is 4.19. The SMILES string of the molecule is CC(CC(=O)c1cc(NCCCN2CCN(C)CC2)ncn1)c1ncc(C(=O)Nc2cc(C(F)(F)F)c(Cl)cn2)s1. The predicted octanol–water partition coefficient (Wildman–Crippen LogP) is 4.68. The maximum atomic E-state index is 13.1. The van der Waals surface area contributed by atoms with Crippen LogP contribution in [0.2, 0.25) is 5.02 Å². The molecule has 0 bridgehead atoms. The van der Waals surface area contributed by atoms with E-state index in [0.717, 1.165) is 63.2 Å². The summed E-state index contributed by atoms with van der Waals surface area (Å²) in [5.41, 5.74) is -0.826. The topological polar surface area (TPSA) is 116 Å². The molecule has 4 heterocycles. The highest BCUT2D eigenvalue weighted by Crippen LogP contribution is 2.35. The molecule has 2 N–H and O–H groups in total. The number of likely N-dealkylation sites (N-methyl/N-ethyl adjacent to an activating group) is 1. The van der Waals surface area contributed by atoms with Gasteiger partial charge in [-0.15, -0.1) is 11.3 Å². The average molecular weight is 611 g/mol. The van der Waals surface area contributed by atoms with E-state index in [0.29, 0.717) is 16.9 Å². The molecule has 0 spiro atoms. The van der Waals surface area contributed by atoms with Crippen LogP contribution in [-0.4, -0.2) is 87.7 Å². The van der Waals surface area contributed by atoms with Crippen molar-refractivity contribution in [2.75, 3.05) is 56.9 Å². The number of anilines is 2. The van der Waals surface area contributed by atoms with Crippen molar-refractivity contribution in [2.45, 2.75) is 31.9 Å². The molecule has 1 fully saturated rings. The first kappa shape index (κ1) is 30.8. The first-order valence-corrected chi connectivity index (χ1v) is 14.2. The van der Waals surface area contributed by atoms with Gasteiger partial charge in [0.15, 0.2) is 5.78 Å². The number of amides is 1. The third kappa shape index (κ3) is 8.64. The average Bonchev–Trinajstić information content (AvgIpc) is 3.44. The van der Waals surface area contributed by atoms with Crippen molar-refractivity contribution in [1.29, 1.82) is 0 Å². The highest BCUT2D eigenvalue weighted by atomic mass is 35.5. The van der Waals surface area contributed by atoms with E-state index in [2.05, 4.69) is 47.4 Å². The van der Waals surface area contributed by atoms with Crippen molar-refractivity contribution in [3.8, 4) is 0 Å². The Bertz CT molecular complexity index is 1360. The van der Waals surface area contributed by atoms with Crippen LogP contribution in [0.1, 0.15) is 56.4 Å². The maximum Gasteiger partial charge on any atom is 0.418 e. The van der Waals surface area contributed by atoms with Crippen molar-refractivity contribution in [3.05, 3.63) is 57.0 Å². The number of thiazole rings is 1. The molecule has 10 nitrogen and oxygen atoms in total. The van der Waals surface area contributed by atoms with Crippen LogP contribution in [-0.2, 0) is 6.18 Å². The van der Waals surface area contributed by atoms with Crippen molar-refractivity contribution < 1.29 is 22.8 Å². The summed E-state index contributed by atoms with van der Waals surface area (Å²) in [7, 11) is 2.13. The van der Waals surface area contributed by atoms with Gasteiger partial charge in [-0.25, -0.2) is 19.9 Å². The van der Waals surface area contributed by atoms with Crippen molar-refractivity contribution in [1.82, 2.24) is 29.7 Å². The zero-order valence-electron chi connectivity index (χ0n) is 22.5. The Kier molecular flexibility index (Phi) is 10.2. The number of halogens is 4. The number of alkyl halides is 3. The summed E-state index contributed by atoms with van der Waals surface area (Å²) in [4.78, 5) is 46.7. The van der Waals surface area contributed by atoms with Gasteiger partial charge in [0.2, 0.25) is 0 Å². The Balaban J connectivity index is 1.28. The zero-order chi connectivity index (χ0) is 29.6. The molecule has 1 atom stereocenters. The van der Waals surface area contributed by atoms with Gasteiger partial charge in [-0.1, -0.05) is 18.5 Å². The van der Waals surface area contributed by atoms with Gasteiger partial charge in [-0.2, -0.15) is 13.2 Å². The number of carbonyl (C=O) groups is 2. The second-order valence-electron chi connectivity index (χ2n) is 9.81. The van der Waals surface area contributed by atoms with E-state index in [1.54, 1.807) is 13.0 Å². The van der Waals surface area contributed by atoms with Crippen molar-refractivity contribution in [3.63, 3.8) is 0 Å². The molecule has 1 unspecified atom stereocenters. The number of aromatic nitrogens is 4. The van der Waals surface area contributed by atoms with Crippen LogP contribution in [0.5, 0.6) is 0 Å². The molecule has 220 valence electrons. The highest BCUT2D eigenvalue weighted by Gasteiger charge is 2.34. The van der Waals surface area contributed by atoms with Gasteiger partial charge in [0, 0.05) is 57.3 Å². The molecule has 3 aromatic rings. The monoisotopic (exact) mass is 610 g/mol. The molecule has 1 saturated heterocycles. The number of rotatable bonds is 11. The molecule has 3 aromatic heterocycles. The number of pyridine rings is 1. The third-order valence-corrected chi connectivity index (χ3v) is 8.10. The normalized spacial score (nSPS) is 15.5. The number of Topliss-reactive ketones (excluding diaryl/α,β-unsaturated/α-hetero) is 1. The maximum absolute atomic E-state index is 13.1. The molecule has 4 rings (SSSR count). The molecule has 41 heavy (non-hydrogen) atoms. The van der Waals surface area contributed by atoms with Crippen LogP contribution in [0.15, 0.2) is 30.9 Å². The summed E-state index contributed by atoms with van der Waals surface area (Å²) < 4.78 is 39.3. The fourth-order valence-corrected chi connectivity index (χ4v) is 5.26. The minimum Gasteiger partial charge on any atom is -0.370 e. The first-order valence-electron chi connectivity index (χ1n) is 13.0. The van der Waals surface area contributed by atoms with Crippen LogP contribution in [0.25, 0.3) is 0 Å². The number of nitrogens with zero attached hydrogens (tertiary/aromatic N) is 6. The number of hydrogen-bond acceptors (Lipinski definition) is 10. The second-order valence-corrected chi connectivity index (χ2v) is 11.3. The van der Waals surface area contributed by atoms with Gasteiger partial charge in [0.1, 0.15) is 28.5 Å². The molecular weight excluding hydrogens is 581 g/mol. The lowest BCUT2D eigenvalue weighted by atomic mass is 10.0. The van der Waals surface area contributed by atoms with Crippen LogP contribution in [0.3, 0.4) is 0 Å². The minimum absolute atomic E-state index is 0.0993. The molecule has 1 amide bonds. The first-order chi connectivity index (χ1) is 19.5. The largest absolute Gasteiger partial charge is 0.418 e. The van der Waals surface area contributed by atoms with Gasteiger partial charge < -0.3 is 20.4 Å². The van der Waals surface area contributed by atoms with E-state index in [4.69, 9.17) is 11.6 Å². The Hall–Kier alpha value is -3.20. The Morgan fingerprint density at radius 3 is 2.56 bits per heavy atom. The van der Waals surface area contributed by atoms with Crippen LogP contribution >= 0.6 is 22.9 Å². The lowest BCUT2D eigenvalue weighted by molar-refractivity contribution is -0.137. The van der Waals surface area contributed by atoms with E-state index in [1.165, 1.54) is 12.5 Å². The smallest absolute Gasteiger partial charge is 0.370 e. The molecule has 0 aromatic carbocycles. The molecular formula is C26H30ClF3N8O2S. The van der Waals surface area contributed by atoms with Crippen molar-refractivity contribution in [2.24, 2.45) is 0 Å². The number of carbonyl (C=O) groups excluding carboxylic acids is 2. The quantitative estimate of drug-likeness (QED) is 0.236. The summed E-state index contributed by atoms with van der Waals surface area (Å²) in [5.74, 6) is -0.917. The summed E-state index contributed by atoms with van der Waals surface area (Å²) in [6.07, 6.45) is -0.153. The van der Waals surface area contributed by atoms with Crippen LogP contribution in [0.4, 0.5) is 24.8 Å². The van der Waals surface area contributed by atoms with Gasteiger partial charge in [-0.3, -0.25) is 9.59 Å². The molecule has 0 aliphatic carbocycles. The Morgan fingerprint density at radius 2 is 1.83 bits per heavy atom. The third-order valence-electron chi connectivity index (χ3n) is 6.57. The summed E-state index contributed by atoms with van der Waals surface area (Å²) in [6, 6.07) is 2.29. The standard InChI is InChI=1S/C26H30ClF3N8O2S/c1-16(25-33-14-21(41-25)24(40)36-23-11-17(26(28,29)30)18(27)13-32-23)10-20(39)19-12-22(35-15-34-19)31-4-3-5-38-8-6-37(2)7-9-38/h11-16H,3-10H2,1-2H3,(H,31,34,35)(H,32,36,40). The van der Waals surface area contributed by atoms with Crippen LogP contribution < -0.4 is 10.6 Å². The highest BCUT2D eigenvalue weighted by molar-refractivity contribution is 7.13. The predicted molar refractivity (Wildman–Crippen MR) is 151 cm³/mol. The molecule has 15 heteroatoms. The molecule has 0 saturated carbocycles. The number of ketones is 1. The van der Waals surface area contributed by atoms with E-state index in [1.807, 2.05) is 0 Å².